The van der Waals surface area contributed by atoms with Crippen LogP contribution in [0.25, 0.3) is 0 Å². The number of rotatable bonds is 4. The third kappa shape index (κ3) is 3.91. The molecule has 2 rings (SSSR count). The number of nitrogens with one attached hydrogen (secondary N) is 1. The van der Waals surface area contributed by atoms with Crippen molar-refractivity contribution in [2.75, 3.05) is 6.54 Å². The van der Waals surface area contributed by atoms with Crippen LogP contribution in [0, 0.1) is 11.7 Å². The molecule has 6 heteroatoms. The minimum atomic E-state index is -0.435. The lowest BCUT2D eigenvalue weighted by Gasteiger charge is -2.29. The second-order valence-electron chi connectivity index (χ2n) is 5.01. The Kier molecular flexibility index (Phi) is 5.35. The van der Waals surface area contributed by atoms with Gasteiger partial charge in [-0.05, 0) is 43.9 Å². The molecule has 0 heterocycles. The Hall–Kier alpha value is -0.650. The van der Waals surface area contributed by atoms with Gasteiger partial charge in [0, 0.05) is 16.6 Å². The number of nitrogens with two attached hydrogens (primary N) is 1. The van der Waals surface area contributed by atoms with E-state index in [1.165, 1.54) is 12.1 Å². The van der Waals surface area contributed by atoms with Crippen LogP contribution in [0.4, 0.5) is 4.39 Å². The van der Waals surface area contributed by atoms with E-state index in [-0.39, 0.29) is 18.3 Å². The molecule has 19 heavy (non-hydrogen) atoms. The van der Waals surface area contributed by atoms with Gasteiger partial charge in [0.2, 0.25) is 0 Å². The first-order chi connectivity index (χ1) is 8.44. The average molecular weight is 352 g/mol. The summed E-state index contributed by atoms with van der Waals surface area (Å²) in [7, 11) is 0. The molecule has 0 radical (unpaired) electrons. The van der Waals surface area contributed by atoms with Crippen LogP contribution in [-0.2, 0) is 0 Å². The van der Waals surface area contributed by atoms with E-state index in [0.29, 0.717) is 22.5 Å². The molecule has 0 aliphatic heterocycles. The zero-order valence-electron chi connectivity index (χ0n) is 10.6. The highest BCUT2D eigenvalue weighted by Crippen LogP contribution is 2.39. The Labute approximate surface area is 126 Å². The lowest BCUT2D eigenvalue weighted by Crippen LogP contribution is -2.53. The fourth-order valence-electron chi connectivity index (χ4n) is 2.06. The smallest absolute Gasteiger partial charge is 0.251 e. The largest absolute Gasteiger partial charge is 0.345 e. The zero-order chi connectivity index (χ0) is 13.3. The van der Waals surface area contributed by atoms with Crippen molar-refractivity contribution in [2.24, 2.45) is 11.7 Å². The second kappa shape index (κ2) is 6.20. The minimum absolute atomic E-state index is 0. The predicted octanol–water partition coefficient (Wildman–Crippen LogP) is 2.87. The third-order valence-corrected chi connectivity index (χ3v) is 3.88. The van der Waals surface area contributed by atoms with Crippen molar-refractivity contribution in [2.45, 2.75) is 25.3 Å². The Bertz CT molecular complexity index is 461. The summed E-state index contributed by atoms with van der Waals surface area (Å²) < 4.78 is 13.8. The standard InChI is InChI=1S/C13H16BrFN2O.ClH/c1-13(7-16,9-2-3-9)17-12(18)8-4-10(14)6-11(15)5-8;/h4-6,9H,2-3,7,16H2,1H3,(H,17,18);1H. The first kappa shape index (κ1) is 16.4. The number of amides is 1. The number of carbonyl (C=O) groups is 1. The quantitative estimate of drug-likeness (QED) is 0.876. The molecular formula is C13H17BrClFN2O. The first-order valence-electron chi connectivity index (χ1n) is 5.93. The number of halogens is 3. The monoisotopic (exact) mass is 350 g/mol. The van der Waals surface area contributed by atoms with Crippen LogP contribution >= 0.6 is 28.3 Å². The van der Waals surface area contributed by atoms with E-state index in [1.807, 2.05) is 6.92 Å². The van der Waals surface area contributed by atoms with Gasteiger partial charge in [0.05, 0.1) is 5.54 Å². The summed E-state index contributed by atoms with van der Waals surface area (Å²) in [5.41, 5.74) is 5.65. The second-order valence-corrected chi connectivity index (χ2v) is 5.92. The van der Waals surface area contributed by atoms with E-state index >= 15 is 0 Å². The molecule has 0 spiro atoms. The molecule has 0 bridgehead atoms. The summed E-state index contributed by atoms with van der Waals surface area (Å²) in [5.74, 6) is -0.283. The first-order valence-corrected chi connectivity index (χ1v) is 6.72. The molecule has 1 amide bonds. The Morgan fingerprint density at radius 3 is 2.63 bits per heavy atom. The fourth-order valence-corrected chi connectivity index (χ4v) is 2.52. The molecule has 1 fully saturated rings. The molecule has 106 valence electrons. The molecule has 1 aliphatic carbocycles. The maximum Gasteiger partial charge on any atom is 0.251 e. The van der Waals surface area contributed by atoms with E-state index < -0.39 is 11.4 Å². The lowest BCUT2D eigenvalue weighted by molar-refractivity contribution is 0.0897. The molecule has 1 atom stereocenters. The maximum atomic E-state index is 13.2. The van der Waals surface area contributed by atoms with Crippen molar-refractivity contribution >= 4 is 34.2 Å². The van der Waals surface area contributed by atoms with Crippen molar-refractivity contribution in [1.82, 2.24) is 5.32 Å². The van der Waals surface area contributed by atoms with Gasteiger partial charge in [0.1, 0.15) is 5.82 Å². The van der Waals surface area contributed by atoms with Crippen molar-refractivity contribution in [3.8, 4) is 0 Å². The van der Waals surface area contributed by atoms with E-state index in [0.717, 1.165) is 12.8 Å². The molecule has 1 aromatic carbocycles. The fraction of sp³-hybridized carbons (Fsp3) is 0.462. The van der Waals surface area contributed by atoms with Crippen molar-refractivity contribution in [3.05, 3.63) is 34.1 Å². The molecule has 1 unspecified atom stereocenters. The molecule has 1 aromatic rings. The van der Waals surface area contributed by atoms with E-state index in [4.69, 9.17) is 5.73 Å². The minimum Gasteiger partial charge on any atom is -0.345 e. The third-order valence-electron chi connectivity index (χ3n) is 3.43. The Balaban J connectivity index is 0.00000180. The van der Waals surface area contributed by atoms with Crippen molar-refractivity contribution in [3.63, 3.8) is 0 Å². The topological polar surface area (TPSA) is 55.1 Å². The van der Waals surface area contributed by atoms with Crippen LogP contribution in [0.3, 0.4) is 0 Å². The number of carbonyl (C=O) groups excluding carboxylic acids is 1. The average Bonchev–Trinajstić information content (AvgIpc) is 3.11. The zero-order valence-corrected chi connectivity index (χ0v) is 13.0. The lowest BCUT2D eigenvalue weighted by atomic mass is 9.95. The van der Waals surface area contributed by atoms with Gasteiger partial charge in [0.15, 0.2) is 0 Å². The predicted molar refractivity (Wildman–Crippen MR) is 79.0 cm³/mol. The van der Waals surface area contributed by atoms with Crippen molar-refractivity contribution < 1.29 is 9.18 Å². The van der Waals surface area contributed by atoms with Gasteiger partial charge >= 0.3 is 0 Å². The molecular weight excluding hydrogens is 335 g/mol. The summed E-state index contributed by atoms with van der Waals surface area (Å²) in [6, 6.07) is 4.14. The van der Waals surface area contributed by atoms with E-state index in [9.17, 15) is 9.18 Å². The van der Waals surface area contributed by atoms with E-state index in [2.05, 4.69) is 21.2 Å². The molecule has 1 saturated carbocycles. The maximum absolute atomic E-state index is 13.2. The summed E-state index contributed by atoms with van der Waals surface area (Å²) in [6.07, 6.45) is 2.17. The van der Waals surface area contributed by atoms with Crippen LogP contribution in [0.5, 0.6) is 0 Å². The highest BCUT2D eigenvalue weighted by atomic mass is 79.9. The SMILES string of the molecule is CC(CN)(NC(=O)c1cc(F)cc(Br)c1)C1CC1.Cl. The molecule has 1 aliphatic rings. The van der Waals surface area contributed by atoms with Crippen LogP contribution < -0.4 is 11.1 Å². The van der Waals surface area contributed by atoms with Crippen molar-refractivity contribution in [1.29, 1.82) is 0 Å². The Morgan fingerprint density at radius 1 is 1.53 bits per heavy atom. The number of hydrogen-bond acceptors (Lipinski definition) is 2. The highest BCUT2D eigenvalue weighted by molar-refractivity contribution is 9.10. The molecule has 0 aromatic heterocycles. The Morgan fingerprint density at radius 2 is 2.16 bits per heavy atom. The molecule has 3 nitrogen and oxygen atoms in total. The summed E-state index contributed by atoms with van der Waals surface area (Å²) in [5, 5.41) is 2.92. The molecule has 3 N–H and O–H groups in total. The van der Waals surface area contributed by atoms with Gasteiger partial charge in [-0.2, -0.15) is 0 Å². The molecule has 0 saturated heterocycles. The summed E-state index contributed by atoms with van der Waals surface area (Å²) in [4.78, 5) is 12.1. The van der Waals surface area contributed by atoms with E-state index in [1.54, 1.807) is 6.07 Å². The van der Waals surface area contributed by atoms with Gasteiger partial charge in [0.25, 0.3) is 5.91 Å². The van der Waals surface area contributed by atoms with Crippen LogP contribution in [0.1, 0.15) is 30.1 Å². The highest BCUT2D eigenvalue weighted by Gasteiger charge is 2.41. The van der Waals surface area contributed by atoms with Gasteiger partial charge in [-0.15, -0.1) is 12.4 Å². The normalized spacial score (nSPS) is 17.3. The van der Waals surface area contributed by atoms with Gasteiger partial charge < -0.3 is 11.1 Å². The van der Waals surface area contributed by atoms with Gasteiger partial charge in [-0.25, -0.2) is 4.39 Å². The van der Waals surface area contributed by atoms with Crippen LogP contribution in [0.15, 0.2) is 22.7 Å². The van der Waals surface area contributed by atoms with Crippen LogP contribution in [-0.4, -0.2) is 18.0 Å². The van der Waals surface area contributed by atoms with Gasteiger partial charge in [-0.3, -0.25) is 4.79 Å². The van der Waals surface area contributed by atoms with Crippen LogP contribution in [0.2, 0.25) is 0 Å². The summed E-state index contributed by atoms with van der Waals surface area (Å²) in [6.45, 7) is 2.33. The number of hydrogen-bond donors (Lipinski definition) is 2. The van der Waals surface area contributed by atoms with Gasteiger partial charge in [-0.1, -0.05) is 15.9 Å². The number of benzene rings is 1. The summed E-state index contributed by atoms with van der Waals surface area (Å²) >= 11 is 3.17.